The molecule has 0 fully saturated rings. The third kappa shape index (κ3) is 49.0. The molecule has 0 aromatic heterocycles. The van der Waals surface area contributed by atoms with E-state index in [-0.39, 0.29) is 24.9 Å². The van der Waals surface area contributed by atoms with Crippen LogP contribution < -0.4 is 10.2 Å². The lowest BCUT2D eigenvalue weighted by molar-refractivity contribution is -0.870. The predicted octanol–water partition coefficient (Wildman–Crippen LogP) is 16.1. The third-order valence-corrected chi connectivity index (χ3v) is 13.5. The van der Waals surface area contributed by atoms with Gasteiger partial charge >= 0.3 is 5.97 Å². The minimum Gasteiger partial charge on any atom is -0.756 e. The summed E-state index contributed by atoms with van der Waals surface area (Å²) in [6, 6.07) is -0.892. The topological polar surface area (TPSA) is 114 Å². The zero-order chi connectivity index (χ0) is 49.4. The molecule has 0 rings (SSSR count). The summed E-state index contributed by atoms with van der Waals surface area (Å²) in [5, 5.41) is 3.01. The summed E-state index contributed by atoms with van der Waals surface area (Å²) in [5.41, 5.74) is 0. The number of esters is 1. The van der Waals surface area contributed by atoms with Crippen LogP contribution >= 0.6 is 7.82 Å². The summed E-state index contributed by atoms with van der Waals surface area (Å²) in [7, 11) is 1.18. The third-order valence-electron chi connectivity index (χ3n) is 12.5. The van der Waals surface area contributed by atoms with E-state index in [4.69, 9.17) is 13.8 Å². The van der Waals surface area contributed by atoms with Gasteiger partial charge in [-0.1, -0.05) is 205 Å². The van der Waals surface area contributed by atoms with Gasteiger partial charge in [-0.2, -0.15) is 0 Å². The van der Waals surface area contributed by atoms with E-state index in [0.717, 1.165) is 77.0 Å². The summed E-state index contributed by atoms with van der Waals surface area (Å²) >= 11 is 0. The highest BCUT2D eigenvalue weighted by molar-refractivity contribution is 7.45. The fourth-order valence-corrected chi connectivity index (χ4v) is 8.82. The number of unbranched alkanes of at least 4 members (excludes halogenated alkanes) is 31. The Bertz CT molecular complexity index is 1250. The highest BCUT2D eigenvalue weighted by Crippen LogP contribution is 2.38. The highest BCUT2D eigenvalue weighted by Gasteiger charge is 2.27. The number of carbonyl (C=O) groups excluding carboxylic acids is 2. The normalized spacial score (nSPS) is 14.1. The number of nitrogens with zero attached hydrogens (tertiary/aromatic N) is 1. The number of ether oxygens (including phenoxy) is 1. The molecule has 0 aromatic rings. The molecule has 0 aliphatic heterocycles. The molecular weight excluding hydrogens is 856 g/mol. The van der Waals surface area contributed by atoms with Crippen molar-refractivity contribution in [3.05, 3.63) is 36.5 Å². The Morgan fingerprint density at radius 3 is 1.28 bits per heavy atom. The van der Waals surface area contributed by atoms with Gasteiger partial charge in [-0.15, -0.1) is 0 Å². The molecule has 1 N–H and O–H groups in total. The molecule has 0 heterocycles. The van der Waals surface area contributed by atoms with Crippen LogP contribution in [0.4, 0.5) is 0 Å². The van der Waals surface area contributed by atoms with E-state index < -0.39 is 26.6 Å². The zero-order valence-electron chi connectivity index (χ0n) is 44.9. The van der Waals surface area contributed by atoms with Crippen LogP contribution in [0.3, 0.4) is 0 Å². The summed E-state index contributed by atoms with van der Waals surface area (Å²) in [5.74, 6) is -0.560. The molecule has 9 nitrogen and oxygen atoms in total. The number of hydrogen-bond acceptors (Lipinski definition) is 7. The number of hydrogen-bond donors (Lipinski definition) is 1. The van der Waals surface area contributed by atoms with Crippen molar-refractivity contribution in [2.45, 2.75) is 277 Å². The van der Waals surface area contributed by atoms with Crippen LogP contribution in [0.15, 0.2) is 36.5 Å². The molecule has 0 bridgehead atoms. The van der Waals surface area contributed by atoms with Crippen molar-refractivity contribution in [2.24, 2.45) is 0 Å². The number of quaternary nitrogens is 1. The Morgan fingerprint density at radius 1 is 0.507 bits per heavy atom. The Hall–Kier alpha value is -1.77. The summed E-state index contributed by atoms with van der Waals surface area (Å²) in [6.07, 6.45) is 55.3. The van der Waals surface area contributed by atoms with Gasteiger partial charge in [0.2, 0.25) is 5.91 Å². The Morgan fingerprint density at radius 2 is 0.866 bits per heavy atom. The zero-order valence-corrected chi connectivity index (χ0v) is 45.8. The molecule has 3 atom stereocenters. The molecule has 0 spiro atoms. The minimum absolute atomic E-state index is 0.0242. The molecule has 1 amide bonds. The van der Waals surface area contributed by atoms with Crippen molar-refractivity contribution in [1.29, 1.82) is 0 Å². The van der Waals surface area contributed by atoms with Crippen molar-refractivity contribution < 1.29 is 37.3 Å². The number of likely N-dealkylation sites (N-methyl/N-ethyl adjacent to an activating group) is 1. The summed E-state index contributed by atoms with van der Waals surface area (Å²) in [6.45, 7) is 6.82. The maximum absolute atomic E-state index is 13.5. The lowest BCUT2D eigenvalue weighted by atomic mass is 10.1. The summed E-state index contributed by atoms with van der Waals surface area (Å²) < 4.78 is 30.2. The van der Waals surface area contributed by atoms with Crippen molar-refractivity contribution in [1.82, 2.24) is 5.32 Å². The number of rotatable bonds is 51. The number of amides is 1. The van der Waals surface area contributed by atoms with E-state index in [2.05, 4.69) is 50.4 Å². The number of phosphoric acid groups is 1. The van der Waals surface area contributed by atoms with Crippen LogP contribution in [0.25, 0.3) is 0 Å². The van der Waals surface area contributed by atoms with Gasteiger partial charge in [0.25, 0.3) is 7.82 Å². The first-order valence-electron chi connectivity index (χ1n) is 28.3. The fourth-order valence-electron chi connectivity index (χ4n) is 8.10. The lowest BCUT2D eigenvalue weighted by Gasteiger charge is -2.30. The first-order chi connectivity index (χ1) is 32.4. The van der Waals surface area contributed by atoms with Crippen LogP contribution in [0.2, 0.25) is 0 Å². The minimum atomic E-state index is -4.69. The van der Waals surface area contributed by atoms with Crippen molar-refractivity contribution >= 4 is 19.7 Å². The SMILES string of the molecule is CCCCCCCC/C=C\CCCCCC(=O)OC(/C=C\CCCCCCCCCCC)C(COP(=O)([O-])OCC[N+](C)(C)C)NC(=O)CCCCCCCCC/C=C/CCCCCCCC. The monoisotopic (exact) mass is 965 g/mol. The maximum Gasteiger partial charge on any atom is 0.306 e. The Labute approximate surface area is 415 Å². The second kappa shape index (κ2) is 47.9. The first-order valence-corrected chi connectivity index (χ1v) is 29.8. The maximum atomic E-state index is 13.5. The molecule has 67 heavy (non-hydrogen) atoms. The van der Waals surface area contributed by atoms with Gasteiger partial charge in [-0.3, -0.25) is 14.2 Å². The van der Waals surface area contributed by atoms with Crippen molar-refractivity contribution in [2.75, 3.05) is 40.9 Å². The molecule has 3 unspecified atom stereocenters. The van der Waals surface area contributed by atoms with Gasteiger partial charge in [-0.25, -0.2) is 0 Å². The molecule has 0 aliphatic rings. The average molecular weight is 965 g/mol. The Kier molecular flexibility index (Phi) is 46.6. The highest BCUT2D eigenvalue weighted by atomic mass is 31.2. The van der Waals surface area contributed by atoms with E-state index in [9.17, 15) is 19.0 Å². The van der Waals surface area contributed by atoms with Crippen molar-refractivity contribution in [3.63, 3.8) is 0 Å². The van der Waals surface area contributed by atoms with Crippen molar-refractivity contribution in [3.8, 4) is 0 Å². The molecule has 0 aromatic carbocycles. The molecule has 394 valence electrons. The van der Waals surface area contributed by atoms with E-state index in [1.807, 2.05) is 33.3 Å². The van der Waals surface area contributed by atoms with Crippen LogP contribution in [0.1, 0.15) is 265 Å². The van der Waals surface area contributed by atoms with Gasteiger partial charge in [0.15, 0.2) is 0 Å². The molecule has 0 radical (unpaired) electrons. The van der Waals surface area contributed by atoms with Gasteiger partial charge in [0.1, 0.15) is 19.3 Å². The summed E-state index contributed by atoms with van der Waals surface area (Å²) in [4.78, 5) is 39.8. The fraction of sp³-hybridized carbons (Fsp3) is 0.860. The largest absolute Gasteiger partial charge is 0.756 e. The second-order valence-corrected chi connectivity index (χ2v) is 21.8. The number of nitrogens with one attached hydrogen (secondary N) is 1. The first kappa shape index (κ1) is 65.2. The molecule has 0 saturated carbocycles. The van der Waals surface area contributed by atoms with Crippen LogP contribution in [-0.4, -0.2) is 69.4 Å². The standard InChI is InChI=1S/C57H109N2O7P/c1-7-10-13-16-19-22-25-27-28-29-30-32-34-37-40-43-46-49-56(60)58-54(53-65-67(62,63)64-52-51-59(4,5)6)55(48-45-42-39-36-33-24-21-18-15-12-9-3)66-57(61)50-47-44-41-38-35-31-26-23-20-17-14-11-8-2/h27-28,31,35,45,48,54-55H,7-26,29-30,32-34,36-44,46-47,49-53H2,1-6H3,(H-,58,60,62,63)/b28-27+,35-31-,48-45-. The number of phosphoric ester groups is 1. The Balaban J connectivity index is 5.34. The van der Waals surface area contributed by atoms with Gasteiger partial charge in [-0.05, 0) is 83.1 Å². The van der Waals surface area contributed by atoms with E-state index in [1.54, 1.807) is 0 Å². The van der Waals surface area contributed by atoms with Crippen LogP contribution in [0, 0.1) is 0 Å². The molecule has 0 saturated heterocycles. The van der Waals surface area contributed by atoms with Crippen LogP contribution in [0.5, 0.6) is 0 Å². The molecule has 0 aliphatic carbocycles. The van der Waals surface area contributed by atoms with E-state index in [0.29, 0.717) is 23.9 Å². The van der Waals surface area contributed by atoms with E-state index in [1.165, 1.54) is 148 Å². The predicted molar refractivity (Wildman–Crippen MR) is 284 cm³/mol. The van der Waals surface area contributed by atoms with E-state index >= 15 is 0 Å². The average Bonchev–Trinajstić information content (AvgIpc) is 3.28. The second-order valence-electron chi connectivity index (χ2n) is 20.4. The van der Waals surface area contributed by atoms with Gasteiger partial charge in [0.05, 0.1) is 33.8 Å². The molecular formula is C57H109N2O7P. The van der Waals surface area contributed by atoms with Gasteiger partial charge < -0.3 is 28.5 Å². The lowest BCUT2D eigenvalue weighted by Crippen LogP contribution is -2.47. The smallest absolute Gasteiger partial charge is 0.306 e. The quantitative estimate of drug-likeness (QED) is 0.0212. The van der Waals surface area contributed by atoms with Gasteiger partial charge in [0, 0.05) is 12.8 Å². The molecule has 10 heteroatoms. The number of allylic oxidation sites excluding steroid dienone is 5. The van der Waals surface area contributed by atoms with Crippen LogP contribution in [-0.2, 0) is 27.9 Å². The number of carbonyl (C=O) groups is 2.